The largest absolute Gasteiger partial charge is 0.508 e. The third-order valence-corrected chi connectivity index (χ3v) is 3.85. The molecule has 0 amide bonds. The molecule has 0 unspecified atom stereocenters. The fourth-order valence-corrected chi connectivity index (χ4v) is 2.62. The molecule has 0 spiro atoms. The fraction of sp³-hybridized carbons (Fsp3) is 0.214. The molecule has 2 heterocycles. The van der Waals surface area contributed by atoms with Crippen LogP contribution in [0, 0.1) is 13.8 Å². The minimum absolute atomic E-state index is 0.256. The topological polar surface area (TPSA) is 72.0 Å². The second-order valence-corrected chi connectivity index (χ2v) is 5.52. The SMILES string of the molecule is Cc1csc(Cc2noc(-c3ccc(O)c(C)c3)n2)n1. The molecule has 1 N–H and O–H groups in total. The lowest BCUT2D eigenvalue weighted by Crippen LogP contribution is -1.90. The van der Waals surface area contributed by atoms with E-state index >= 15 is 0 Å². The van der Waals surface area contributed by atoms with E-state index in [0.717, 1.165) is 21.8 Å². The highest BCUT2D eigenvalue weighted by Crippen LogP contribution is 2.24. The second kappa shape index (κ2) is 5.05. The highest BCUT2D eigenvalue weighted by atomic mass is 32.1. The molecule has 0 aliphatic carbocycles. The number of rotatable bonds is 3. The first kappa shape index (κ1) is 12.8. The number of nitrogens with zero attached hydrogens (tertiary/aromatic N) is 3. The Balaban J connectivity index is 1.84. The minimum Gasteiger partial charge on any atom is -0.508 e. The maximum absolute atomic E-state index is 9.52. The Hall–Kier alpha value is -2.21. The van der Waals surface area contributed by atoms with Crippen molar-refractivity contribution in [3.05, 3.63) is 45.7 Å². The van der Waals surface area contributed by atoms with Gasteiger partial charge in [0.25, 0.3) is 5.89 Å². The predicted octanol–water partition coefficient (Wildman–Crippen LogP) is 3.11. The first-order chi connectivity index (χ1) is 9.61. The van der Waals surface area contributed by atoms with Crippen molar-refractivity contribution >= 4 is 11.3 Å². The lowest BCUT2D eigenvalue weighted by molar-refractivity contribution is 0.423. The molecule has 20 heavy (non-hydrogen) atoms. The van der Waals surface area contributed by atoms with E-state index in [1.54, 1.807) is 23.5 Å². The number of phenolic OH excluding ortho intramolecular Hbond substituents is 1. The zero-order valence-corrected chi connectivity index (χ0v) is 11.9. The Bertz CT molecular complexity index is 748. The summed E-state index contributed by atoms with van der Waals surface area (Å²) in [6.45, 7) is 3.79. The molecule has 0 aliphatic heterocycles. The first-order valence-electron chi connectivity index (χ1n) is 6.15. The molecule has 0 fully saturated rings. The summed E-state index contributed by atoms with van der Waals surface area (Å²) in [6, 6.07) is 5.20. The van der Waals surface area contributed by atoms with Crippen LogP contribution in [0.5, 0.6) is 5.75 Å². The van der Waals surface area contributed by atoms with Gasteiger partial charge in [0.05, 0.1) is 6.42 Å². The van der Waals surface area contributed by atoms with Crippen LogP contribution in [0.2, 0.25) is 0 Å². The maximum atomic E-state index is 9.52. The van der Waals surface area contributed by atoms with E-state index < -0.39 is 0 Å². The van der Waals surface area contributed by atoms with Gasteiger partial charge in [0.1, 0.15) is 10.8 Å². The van der Waals surface area contributed by atoms with Gasteiger partial charge in [-0.1, -0.05) is 5.16 Å². The second-order valence-electron chi connectivity index (χ2n) is 4.58. The predicted molar refractivity (Wildman–Crippen MR) is 75.8 cm³/mol. The van der Waals surface area contributed by atoms with E-state index in [2.05, 4.69) is 15.1 Å². The van der Waals surface area contributed by atoms with Crippen LogP contribution < -0.4 is 0 Å². The number of hydrogen-bond acceptors (Lipinski definition) is 6. The molecule has 0 radical (unpaired) electrons. The number of phenols is 1. The van der Waals surface area contributed by atoms with Crippen LogP contribution >= 0.6 is 11.3 Å². The van der Waals surface area contributed by atoms with Gasteiger partial charge in [-0.3, -0.25) is 0 Å². The fourth-order valence-electron chi connectivity index (χ4n) is 1.85. The molecule has 0 bridgehead atoms. The average Bonchev–Trinajstić information content (AvgIpc) is 3.03. The van der Waals surface area contributed by atoms with Crippen molar-refractivity contribution in [2.75, 3.05) is 0 Å². The van der Waals surface area contributed by atoms with Crippen molar-refractivity contribution in [2.24, 2.45) is 0 Å². The van der Waals surface area contributed by atoms with E-state index in [-0.39, 0.29) is 5.75 Å². The highest BCUT2D eigenvalue weighted by Gasteiger charge is 2.11. The standard InChI is InChI=1S/C14H13N3O2S/c1-8-5-10(3-4-11(8)18)14-16-12(17-19-14)6-13-15-9(2)7-20-13/h3-5,7,18H,6H2,1-2H3. The number of aryl methyl sites for hydroxylation is 2. The van der Waals surface area contributed by atoms with E-state index in [4.69, 9.17) is 4.52 Å². The summed E-state index contributed by atoms with van der Waals surface area (Å²) in [5.74, 6) is 1.32. The summed E-state index contributed by atoms with van der Waals surface area (Å²) in [5, 5.41) is 16.5. The Morgan fingerprint density at radius 2 is 2.10 bits per heavy atom. The number of aromatic hydroxyl groups is 1. The Labute approximate surface area is 119 Å². The van der Waals surface area contributed by atoms with Gasteiger partial charge in [-0.05, 0) is 37.6 Å². The van der Waals surface area contributed by atoms with Crippen LogP contribution in [0.3, 0.4) is 0 Å². The van der Waals surface area contributed by atoms with E-state index in [1.165, 1.54) is 0 Å². The van der Waals surface area contributed by atoms with Gasteiger partial charge < -0.3 is 9.63 Å². The monoisotopic (exact) mass is 287 g/mol. The number of aromatic nitrogens is 3. The molecule has 2 aromatic heterocycles. The Kier molecular flexibility index (Phi) is 3.23. The highest BCUT2D eigenvalue weighted by molar-refractivity contribution is 7.09. The molecule has 102 valence electrons. The van der Waals surface area contributed by atoms with Crippen molar-refractivity contribution in [1.29, 1.82) is 0 Å². The van der Waals surface area contributed by atoms with E-state index in [9.17, 15) is 5.11 Å². The van der Waals surface area contributed by atoms with Crippen molar-refractivity contribution in [3.8, 4) is 17.2 Å². The zero-order chi connectivity index (χ0) is 14.1. The van der Waals surface area contributed by atoms with Crippen molar-refractivity contribution in [2.45, 2.75) is 20.3 Å². The van der Waals surface area contributed by atoms with Gasteiger partial charge in [-0.15, -0.1) is 11.3 Å². The molecule has 6 heteroatoms. The van der Waals surface area contributed by atoms with Gasteiger partial charge in [0.2, 0.25) is 0 Å². The molecule has 0 aliphatic rings. The summed E-state index contributed by atoms with van der Waals surface area (Å²) in [7, 11) is 0. The zero-order valence-electron chi connectivity index (χ0n) is 11.1. The van der Waals surface area contributed by atoms with Crippen LogP contribution in [0.4, 0.5) is 0 Å². The number of hydrogen-bond donors (Lipinski definition) is 1. The molecule has 0 saturated heterocycles. The Morgan fingerprint density at radius 3 is 2.80 bits per heavy atom. The summed E-state index contributed by atoms with van der Waals surface area (Å²) >= 11 is 1.59. The lowest BCUT2D eigenvalue weighted by Gasteiger charge is -1.99. The van der Waals surface area contributed by atoms with E-state index in [1.807, 2.05) is 25.3 Å². The van der Waals surface area contributed by atoms with Gasteiger partial charge >= 0.3 is 0 Å². The number of benzene rings is 1. The molecule has 1 aromatic carbocycles. The van der Waals surface area contributed by atoms with Crippen molar-refractivity contribution in [3.63, 3.8) is 0 Å². The van der Waals surface area contributed by atoms with Gasteiger partial charge in [0, 0.05) is 16.6 Å². The molecule has 0 atom stereocenters. The lowest BCUT2D eigenvalue weighted by atomic mass is 10.1. The van der Waals surface area contributed by atoms with Crippen LogP contribution in [0.25, 0.3) is 11.5 Å². The summed E-state index contributed by atoms with van der Waals surface area (Å²) in [5.41, 5.74) is 2.58. The van der Waals surface area contributed by atoms with Gasteiger partial charge in [-0.2, -0.15) is 4.98 Å². The normalized spacial score (nSPS) is 10.9. The van der Waals surface area contributed by atoms with Crippen LogP contribution in [0.1, 0.15) is 22.1 Å². The molecule has 5 nitrogen and oxygen atoms in total. The van der Waals surface area contributed by atoms with Crippen molar-refractivity contribution in [1.82, 2.24) is 15.1 Å². The summed E-state index contributed by atoms with van der Waals surface area (Å²) in [4.78, 5) is 8.74. The smallest absolute Gasteiger partial charge is 0.257 e. The third-order valence-electron chi connectivity index (χ3n) is 2.89. The minimum atomic E-state index is 0.256. The Morgan fingerprint density at radius 1 is 1.25 bits per heavy atom. The molecule has 3 aromatic rings. The third kappa shape index (κ3) is 2.55. The van der Waals surface area contributed by atoms with Crippen LogP contribution in [-0.4, -0.2) is 20.2 Å². The maximum Gasteiger partial charge on any atom is 0.257 e. The summed E-state index contributed by atoms with van der Waals surface area (Å²) < 4.78 is 5.26. The van der Waals surface area contributed by atoms with Gasteiger partial charge in [-0.25, -0.2) is 4.98 Å². The molecule has 0 saturated carbocycles. The molecular weight excluding hydrogens is 274 g/mol. The number of thiazole rings is 1. The average molecular weight is 287 g/mol. The van der Waals surface area contributed by atoms with Gasteiger partial charge in [0.15, 0.2) is 5.82 Å². The quantitative estimate of drug-likeness (QED) is 0.801. The summed E-state index contributed by atoms with van der Waals surface area (Å²) in [6.07, 6.45) is 0.569. The van der Waals surface area contributed by atoms with E-state index in [0.29, 0.717) is 18.1 Å². The molecular formula is C14H13N3O2S. The first-order valence-corrected chi connectivity index (χ1v) is 7.03. The van der Waals surface area contributed by atoms with Crippen LogP contribution in [0.15, 0.2) is 28.1 Å². The molecule has 3 rings (SSSR count). The van der Waals surface area contributed by atoms with Crippen molar-refractivity contribution < 1.29 is 9.63 Å². The van der Waals surface area contributed by atoms with Crippen LogP contribution in [-0.2, 0) is 6.42 Å².